The number of carbonyl (C=O) groups is 2. The first kappa shape index (κ1) is 32.2. The van der Waals surface area contributed by atoms with Gasteiger partial charge in [0.15, 0.2) is 5.16 Å². The van der Waals surface area contributed by atoms with Crippen LogP contribution in [0.25, 0.3) is 32.1 Å². The summed E-state index contributed by atoms with van der Waals surface area (Å²) in [5.41, 5.74) is 2.43. The molecule has 1 atom stereocenters. The molecule has 6 rings (SSSR count). The van der Waals surface area contributed by atoms with Crippen LogP contribution < -0.4 is 10.6 Å². The number of nitrogens with zero attached hydrogens (tertiary/aromatic N) is 4. The highest BCUT2D eigenvalue weighted by molar-refractivity contribution is 7.99. The highest BCUT2D eigenvalue weighted by Crippen LogP contribution is 2.49. The molecule has 4 aromatic rings. The second kappa shape index (κ2) is 12.5. The Morgan fingerprint density at radius 3 is 2.76 bits per heavy atom. The lowest BCUT2D eigenvalue weighted by Crippen LogP contribution is -2.45. The van der Waals surface area contributed by atoms with Crippen LogP contribution in [-0.4, -0.2) is 57.9 Å². The highest BCUT2D eigenvalue weighted by atomic mass is 35.5. The van der Waals surface area contributed by atoms with E-state index in [2.05, 4.69) is 16.7 Å². The number of hydrogen-bond donors (Lipinski definition) is 2. The standard InChI is InChI=1S/C32H32ClFN6O4S2/c1-6-45-30-37-25-23(27(38-30)36-20-8-7-11-40(5)29(20)41)18-14-43-13-17(18)21(24(25)33)15-9-10-19(34)26-22(15)16(12-35)28(46-26)39-31(42)44-32(2,3)4/h9-10,20H,6-8,11,13-14H2,1-5H3,(H,39,42)(H,36,37,38)/t20-/m1/s1. The van der Waals surface area contributed by atoms with Crippen molar-refractivity contribution in [2.45, 2.75) is 70.5 Å². The number of piperidine rings is 1. The average molecular weight is 683 g/mol. The van der Waals surface area contributed by atoms with Gasteiger partial charge in [-0.2, -0.15) is 5.26 Å². The monoisotopic (exact) mass is 682 g/mol. The molecule has 0 spiro atoms. The molecule has 46 heavy (non-hydrogen) atoms. The number of likely N-dealkylation sites (tertiary alicyclic amines) is 1. The smallest absolute Gasteiger partial charge is 0.412 e. The number of carbonyl (C=O) groups excluding carboxylic acids is 2. The van der Waals surface area contributed by atoms with E-state index in [1.165, 1.54) is 17.8 Å². The first-order valence-corrected chi connectivity index (χ1v) is 17.0. The Kier molecular flexibility index (Phi) is 8.75. The molecule has 240 valence electrons. The van der Waals surface area contributed by atoms with Crippen LogP contribution in [0.2, 0.25) is 5.02 Å². The summed E-state index contributed by atoms with van der Waals surface area (Å²) in [6.07, 6.45) is 0.771. The molecule has 10 nitrogen and oxygen atoms in total. The molecule has 2 N–H and O–H groups in total. The molecule has 2 aromatic carbocycles. The van der Waals surface area contributed by atoms with E-state index in [0.29, 0.717) is 62.1 Å². The Morgan fingerprint density at radius 1 is 1.28 bits per heavy atom. The number of hydrogen-bond acceptors (Lipinski definition) is 10. The lowest BCUT2D eigenvalue weighted by atomic mass is 9.91. The number of thioether (sulfide) groups is 1. The number of amides is 2. The molecule has 0 radical (unpaired) electrons. The predicted octanol–water partition coefficient (Wildman–Crippen LogP) is 7.70. The Hall–Kier alpha value is -3.70. The third-order valence-electron chi connectivity index (χ3n) is 7.81. The number of rotatable bonds is 6. The summed E-state index contributed by atoms with van der Waals surface area (Å²) >= 11 is 9.67. The van der Waals surface area contributed by atoms with Crippen molar-refractivity contribution in [2.75, 3.05) is 30.0 Å². The van der Waals surface area contributed by atoms with E-state index in [0.717, 1.165) is 28.9 Å². The Morgan fingerprint density at radius 2 is 2.04 bits per heavy atom. The van der Waals surface area contributed by atoms with Crippen LogP contribution in [0, 0.1) is 17.1 Å². The zero-order chi connectivity index (χ0) is 32.9. The fraction of sp³-hybridized carbons (Fsp3) is 0.406. The van der Waals surface area contributed by atoms with Crippen molar-refractivity contribution in [2.24, 2.45) is 0 Å². The van der Waals surface area contributed by atoms with Gasteiger partial charge in [-0.05, 0) is 62.1 Å². The number of fused-ring (bicyclic) bond motifs is 4. The molecule has 1 saturated heterocycles. The molecule has 0 saturated carbocycles. The number of benzene rings is 2. The summed E-state index contributed by atoms with van der Waals surface area (Å²) in [6, 6.07) is 4.62. The maximum atomic E-state index is 15.4. The number of thiophene rings is 1. The minimum atomic E-state index is -0.770. The van der Waals surface area contributed by atoms with Crippen LogP contribution in [-0.2, 0) is 27.5 Å². The number of ether oxygens (including phenoxy) is 2. The van der Waals surface area contributed by atoms with Gasteiger partial charge in [0.05, 0.1) is 39.4 Å². The Balaban J connectivity index is 1.58. The summed E-state index contributed by atoms with van der Waals surface area (Å²) < 4.78 is 26.9. The topological polar surface area (TPSA) is 129 Å². The summed E-state index contributed by atoms with van der Waals surface area (Å²) in [4.78, 5) is 37.1. The van der Waals surface area contributed by atoms with Crippen LogP contribution in [0.15, 0.2) is 17.3 Å². The molecular weight excluding hydrogens is 651 g/mol. The fourth-order valence-corrected chi connectivity index (χ4v) is 7.88. The summed E-state index contributed by atoms with van der Waals surface area (Å²) in [6.45, 7) is 8.33. The van der Waals surface area contributed by atoms with Crippen LogP contribution in [0.3, 0.4) is 0 Å². The van der Waals surface area contributed by atoms with E-state index >= 15 is 4.39 Å². The van der Waals surface area contributed by atoms with Gasteiger partial charge < -0.3 is 19.7 Å². The Labute approximate surface area is 278 Å². The molecule has 2 aromatic heterocycles. The van der Waals surface area contributed by atoms with Crippen molar-refractivity contribution in [1.29, 1.82) is 5.26 Å². The minimum absolute atomic E-state index is 0.00990. The highest BCUT2D eigenvalue weighted by Gasteiger charge is 2.33. The second-order valence-electron chi connectivity index (χ2n) is 12.1. The third-order valence-corrected chi connectivity index (χ3v) is 10.0. The van der Waals surface area contributed by atoms with Crippen LogP contribution in [0.1, 0.15) is 57.2 Å². The molecule has 14 heteroatoms. The first-order chi connectivity index (χ1) is 21.9. The molecule has 2 amide bonds. The maximum Gasteiger partial charge on any atom is 0.412 e. The summed E-state index contributed by atoms with van der Waals surface area (Å²) in [5.74, 6) is 0.663. The van der Waals surface area contributed by atoms with E-state index in [1.807, 2.05) is 6.92 Å². The van der Waals surface area contributed by atoms with Gasteiger partial charge >= 0.3 is 6.09 Å². The minimum Gasteiger partial charge on any atom is -0.444 e. The maximum absolute atomic E-state index is 15.4. The van der Waals surface area contributed by atoms with Gasteiger partial charge in [0.1, 0.15) is 34.3 Å². The molecular formula is C32H32ClFN6O4S2. The van der Waals surface area contributed by atoms with Crippen molar-refractivity contribution in [1.82, 2.24) is 14.9 Å². The van der Waals surface area contributed by atoms with Crippen LogP contribution in [0.5, 0.6) is 0 Å². The van der Waals surface area contributed by atoms with Gasteiger partial charge in [-0.15, -0.1) is 11.3 Å². The van der Waals surface area contributed by atoms with Gasteiger partial charge in [0.25, 0.3) is 0 Å². The second-order valence-corrected chi connectivity index (χ2v) is 14.7. The van der Waals surface area contributed by atoms with Crippen molar-refractivity contribution >= 4 is 78.5 Å². The van der Waals surface area contributed by atoms with Crippen LogP contribution >= 0.6 is 34.7 Å². The lowest BCUT2D eigenvalue weighted by Gasteiger charge is -2.30. The van der Waals surface area contributed by atoms with Gasteiger partial charge in [-0.25, -0.2) is 19.2 Å². The lowest BCUT2D eigenvalue weighted by molar-refractivity contribution is -0.132. The van der Waals surface area contributed by atoms with Crippen molar-refractivity contribution in [3.8, 4) is 17.2 Å². The zero-order valence-corrected chi connectivity index (χ0v) is 28.4. The van der Waals surface area contributed by atoms with Gasteiger partial charge in [0, 0.05) is 24.5 Å². The van der Waals surface area contributed by atoms with Crippen molar-refractivity contribution in [3.05, 3.63) is 39.7 Å². The molecule has 4 heterocycles. The van der Waals surface area contributed by atoms with E-state index in [9.17, 15) is 14.9 Å². The number of nitrogens with one attached hydrogen (secondary N) is 2. The summed E-state index contributed by atoms with van der Waals surface area (Å²) in [5, 5.41) is 18.3. The molecule has 0 unspecified atom stereocenters. The summed E-state index contributed by atoms with van der Waals surface area (Å²) in [7, 11) is 1.79. The van der Waals surface area contributed by atoms with Crippen LogP contribution in [0.4, 0.5) is 20.0 Å². The number of anilines is 2. The number of likely N-dealkylation sites (N-methyl/N-ethyl adjacent to an activating group) is 1. The molecule has 0 bridgehead atoms. The number of nitriles is 1. The largest absolute Gasteiger partial charge is 0.444 e. The first-order valence-electron chi connectivity index (χ1n) is 14.8. The van der Waals surface area contributed by atoms with E-state index in [4.69, 9.17) is 31.0 Å². The quantitative estimate of drug-likeness (QED) is 0.155. The molecule has 2 aliphatic heterocycles. The molecule has 1 fully saturated rings. The van der Waals surface area contributed by atoms with E-state index in [1.54, 1.807) is 38.8 Å². The van der Waals surface area contributed by atoms with Crippen molar-refractivity contribution < 1.29 is 23.5 Å². The average Bonchev–Trinajstić information content (AvgIpc) is 3.61. The third kappa shape index (κ3) is 5.83. The van der Waals surface area contributed by atoms with Gasteiger partial charge in [0.2, 0.25) is 5.91 Å². The van der Waals surface area contributed by atoms with Crippen molar-refractivity contribution in [3.63, 3.8) is 0 Å². The Bertz CT molecular complexity index is 1950. The van der Waals surface area contributed by atoms with E-state index in [-0.39, 0.29) is 34.4 Å². The zero-order valence-electron chi connectivity index (χ0n) is 26.0. The number of halogens is 2. The van der Waals surface area contributed by atoms with Gasteiger partial charge in [-0.1, -0.05) is 36.4 Å². The fourth-order valence-electron chi connectivity index (χ4n) is 5.89. The molecule has 0 aliphatic carbocycles. The van der Waals surface area contributed by atoms with Gasteiger partial charge in [-0.3, -0.25) is 10.1 Å². The predicted molar refractivity (Wildman–Crippen MR) is 179 cm³/mol. The SMILES string of the molecule is CCSc1nc(N[C@@H]2CCCN(C)C2=O)c2c3c(c(-c4ccc(F)c5sc(NC(=O)OC(C)(C)C)c(C#N)c45)c(Cl)c2n1)COC3. The molecule has 2 aliphatic rings. The number of aromatic nitrogens is 2. The normalized spacial score (nSPS) is 16.5. The van der Waals surface area contributed by atoms with E-state index < -0.39 is 23.6 Å².